The molecular formula is C21H36N2. The predicted molar refractivity (Wildman–Crippen MR) is 106 cm³/mol. The van der Waals surface area contributed by atoms with E-state index in [2.05, 4.69) is 37.9 Å². The third-order valence-electron chi connectivity index (χ3n) is 4.29. The number of nitrogens with two attached hydrogens (primary N) is 1. The third-order valence-corrected chi connectivity index (χ3v) is 4.29. The van der Waals surface area contributed by atoms with Gasteiger partial charge in [-0.05, 0) is 68.2 Å². The largest absolute Gasteiger partial charge is 0.399 e. The summed E-state index contributed by atoms with van der Waals surface area (Å²) in [7, 11) is 0. The van der Waals surface area contributed by atoms with Crippen molar-refractivity contribution in [3.05, 3.63) is 41.1 Å². The van der Waals surface area contributed by atoms with Crippen LogP contribution in [-0.2, 0) is 6.42 Å². The number of anilines is 1. The van der Waals surface area contributed by atoms with Crippen LogP contribution in [0.1, 0.15) is 78.9 Å². The number of fused-ring (bicyclic) bond motifs is 1. The van der Waals surface area contributed by atoms with Crippen molar-refractivity contribution in [2.75, 3.05) is 5.73 Å². The van der Waals surface area contributed by atoms with E-state index in [4.69, 9.17) is 5.73 Å². The molecule has 1 aliphatic rings. The SMILES string of the molecule is CC.CC=N/C(C)=C\C.CCC1c2ccc(N)cc2CC1(C)C. The highest BCUT2D eigenvalue weighted by atomic mass is 14.7. The Labute approximate surface area is 143 Å². The summed E-state index contributed by atoms with van der Waals surface area (Å²) in [5.74, 6) is 0.707. The molecule has 1 atom stereocenters. The minimum Gasteiger partial charge on any atom is -0.399 e. The second-order valence-electron chi connectivity index (χ2n) is 6.40. The van der Waals surface area contributed by atoms with Crippen LogP contribution in [-0.4, -0.2) is 6.21 Å². The van der Waals surface area contributed by atoms with Gasteiger partial charge in [-0.3, -0.25) is 4.99 Å². The van der Waals surface area contributed by atoms with Gasteiger partial charge >= 0.3 is 0 Å². The summed E-state index contributed by atoms with van der Waals surface area (Å²) in [5.41, 5.74) is 11.2. The maximum atomic E-state index is 5.81. The summed E-state index contributed by atoms with van der Waals surface area (Å²) >= 11 is 0. The highest BCUT2D eigenvalue weighted by Gasteiger charge is 2.37. The molecule has 2 rings (SSSR count). The van der Waals surface area contributed by atoms with Crippen molar-refractivity contribution in [3.63, 3.8) is 0 Å². The Hall–Kier alpha value is -1.57. The molecule has 0 saturated heterocycles. The Balaban J connectivity index is 0.000000460. The van der Waals surface area contributed by atoms with E-state index in [0.717, 1.165) is 11.4 Å². The summed E-state index contributed by atoms with van der Waals surface area (Å²) in [6, 6.07) is 6.39. The predicted octanol–water partition coefficient (Wildman–Crippen LogP) is 6.37. The molecule has 0 saturated carbocycles. The minimum atomic E-state index is 0.408. The first-order valence-corrected chi connectivity index (χ1v) is 8.85. The van der Waals surface area contributed by atoms with Gasteiger partial charge in [0.15, 0.2) is 0 Å². The van der Waals surface area contributed by atoms with Crippen LogP contribution >= 0.6 is 0 Å². The van der Waals surface area contributed by atoms with Crippen LogP contribution in [0.2, 0.25) is 0 Å². The molecule has 1 unspecified atom stereocenters. The first-order chi connectivity index (χ1) is 10.9. The summed E-state index contributed by atoms with van der Waals surface area (Å²) < 4.78 is 0. The molecule has 2 N–H and O–H groups in total. The van der Waals surface area contributed by atoms with Crippen LogP contribution in [0.5, 0.6) is 0 Å². The van der Waals surface area contributed by atoms with Crippen LogP contribution in [0.3, 0.4) is 0 Å². The lowest BCUT2D eigenvalue weighted by atomic mass is 9.78. The molecule has 2 heteroatoms. The van der Waals surface area contributed by atoms with E-state index < -0.39 is 0 Å². The van der Waals surface area contributed by atoms with Gasteiger partial charge in [-0.15, -0.1) is 0 Å². The fraction of sp³-hybridized carbons (Fsp3) is 0.571. The highest BCUT2D eigenvalue weighted by Crippen LogP contribution is 2.48. The van der Waals surface area contributed by atoms with Gasteiger partial charge in [-0.2, -0.15) is 0 Å². The monoisotopic (exact) mass is 316 g/mol. The first-order valence-electron chi connectivity index (χ1n) is 8.85. The average Bonchev–Trinajstić information content (AvgIpc) is 2.78. The number of nitrogen functional groups attached to an aromatic ring is 1. The zero-order chi connectivity index (χ0) is 18.0. The smallest absolute Gasteiger partial charge is 0.0326 e. The van der Waals surface area contributed by atoms with Crippen LogP contribution in [0.15, 0.2) is 35.0 Å². The average molecular weight is 317 g/mol. The molecule has 0 radical (unpaired) electrons. The molecule has 0 bridgehead atoms. The van der Waals surface area contributed by atoms with Gasteiger partial charge in [0.05, 0.1) is 0 Å². The zero-order valence-corrected chi connectivity index (χ0v) is 16.4. The van der Waals surface area contributed by atoms with Crippen molar-refractivity contribution < 1.29 is 0 Å². The molecule has 1 aromatic carbocycles. The van der Waals surface area contributed by atoms with Gasteiger partial charge < -0.3 is 5.73 Å². The topological polar surface area (TPSA) is 38.4 Å². The number of hydrogen-bond acceptors (Lipinski definition) is 2. The van der Waals surface area contributed by atoms with Crippen molar-refractivity contribution >= 4 is 11.9 Å². The second-order valence-corrected chi connectivity index (χ2v) is 6.40. The van der Waals surface area contributed by atoms with Crippen molar-refractivity contribution in [1.82, 2.24) is 0 Å². The number of aliphatic imine (C=N–C) groups is 1. The Morgan fingerprint density at radius 1 is 1.30 bits per heavy atom. The summed E-state index contributed by atoms with van der Waals surface area (Å²) in [6.45, 7) is 16.8. The summed E-state index contributed by atoms with van der Waals surface area (Å²) in [4.78, 5) is 3.98. The lowest BCUT2D eigenvalue weighted by Gasteiger charge is -2.26. The molecule has 130 valence electrons. The lowest BCUT2D eigenvalue weighted by Crippen LogP contribution is -2.16. The van der Waals surface area contributed by atoms with E-state index >= 15 is 0 Å². The van der Waals surface area contributed by atoms with Gasteiger partial charge in [-0.25, -0.2) is 0 Å². The van der Waals surface area contributed by atoms with Gasteiger partial charge in [0, 0.05) is 17.6 Å². The van der Waals surface area contributed by atoms with E-state index in [9.17, 15) is 0 Å². The molecule has 1 aromatic rings. The number of nitrogens with zero attached hydrogens (tertiary/aromatic N) is 1. The van der Waals surface area contributed by atoms with E-state index in [1.165, 1.54) is 24.0 Å². The fourth-order valence-electron chi connectivity index (χ4n) is 3.20. The molecule has 0 spiro atoms. The number of allylic oxidation sites excluding steroid dienone is 2. The molecule has 0 fully saturated rings. The Bertz CT molecular complexity index is 525. The molecule has 0 aliphatic heterocycles. The summed E-state index contributed by atoms with van der Waals surface area (Å²) in [5, 5.41) is 0. The van der Waals surface area contributed by atoms with Crippen molar-refractivity contribution in [2.45, 2.75) is 74.1 Å². The quantitative estimate of drug-likeness (QED) is 0.499. The van der Waals surface area contributed by atoms with Gasteiger partial charge in [-0.1, -0.05) is 46.8 Å². The molecule has 0 amide bonds. The second kappa shape index (κ2) is 10.3. The first kappa shape index (κ1) is 21.4. The normalized spacial score (nSPS) is 18.6. The van der Waals surface area contributed by atoms with Crippen LogP contribution < -0.4 is 5.73 Å². The van der Waals surface area contributed by atoms with Crippen molar-refractivity contribution in [3.8, 4) is 0 Å². The molecular weight excluding hydrogens is 280 g/mol. The van der Waals surface area contributed by atoms with Gasteiger partial charge in [0.2, 0.25) is 0 Å². The van der Waals surface area contributed by atoms with Gasteiger partial charge in [0.1, 0.15) is 0 Å². The minimum absolute atomic E-state index is 0.408. The van der Waals surface area contributed by atoms with Crippen molar-refractivity contribution in [1.29, 1.82) is 0 Å². The number of benzene rings is 1. The van der Waals surface area contributed by atoms with Crippen LogP contribution in [0.25, 0.3) is 0 Å². The van der Waals surface area contributed by atoms with E-state index in [0.29, 0.717) is 11.3 Å². The number of hydrogen-bond donors (Lipinski definition) is 1. The third kappa shape index (κ3) is 6.21. The molecule has 2 nitrogen and oxygen atoms in total. The lowest BCUT2D eigenvalue weighted by molar-refractivity contribution is 0.306. The summed E-state index contributed by atoms with van der Waals surface area (Å²) in [6.07, 6.45) is 6.16. The molecule has 23 heavy (non-hydrogen) atoms. The van der Waals surface area contributed by atoms with E-state index in [1.807, 2.05) is 46.8 Å². The maximum Gasteiger partial charge on any atom is 0.0326 e. The molecule has 0 heterocycles. The molecule has 0 aromatic heterocycles. The standard InChI is InChI=1S/C13H19N.C6H11N.C2H6/c1-4-12-11-6-5-10(14)7-9(11)8-13(12,2)3;1-4-6(3)7-5-2;1-2/h5-7,12H,4,8,14H2,1-3H3;4-5H,1-3H3;1-2H3/b;6-4-,7-5?;. The highest BCUT2D eigenvalue weighted by molar-refractivity contribution is 5.55. The van der Waals surface area contributed by atoms with Crippen LogP contribution in [0.4, 0.5) is 5.69 Å². The van der Waals surface area contributed by atoms with E-state index in [-0.39, 0.29) is 0 Å². The van der Waals surface area contributed by atoms with Gasteiger partial charge in [0.25, 0.3) is 0 Å². The Morgan fingerprint density at radius 2 is 1.91 bits per heavy atom. The van der Waals surface area contributed by atoms with E-state index in [1.54, 1.807) is 6.21 Å². The van der Waals surface area contributed by atoms with Crippen LogP contribution in [0, 0.1) is 5.41 Å². The maximum absolute atomic E-state index is 5.81. The van der Waals surface area contributed by atoms with Crippen molar-refractivity contribution in [2.24, 2.45) is 10.4 Å². The zero-order valence-electron chi connectivity index (χ0n) is 16.4. The number of rotatable bonds is 2. The Morgan fingerprint density at radius 3 is 2.35 bits per heavy atom. The molecule has 1 aliphatic carbocycles. The Kier molecular flexibility index (Phi) is 9.55. The fourth-order valence-corrected chi connectivity index (χ4v) is 3.20.